The smallest absolute Gasteiger partial charge is 0.242 e. The minimum Gasteiger partial charge on any atom is -0.399 e. The zero-order valence-electron chi connectivity index (χ0n) is 8.79. The Labute approximate surface area is 93.0 Å². The summed E-state index contributed by atoms with van der Waals surface area (Å²) >= 11 is 0. The summed E-state index contributed by atoms with van der Waals surface area (Å²) in [6.07, 6.45) is 1.68. The van der Waals surface area contributed by atoms with Crippen LogP contribution in [0, 0.1) is 5.82 Å². The third-order valence-corrected chi connectivity index (χ3v) is 2.55. The SMILES string of the molecule is Nc1cc(F)cc(NC2CCCNC2=O)c1. The number of rotatable bonds is 2. The molecular formula is C11H14FN3O. The van der Waals surface area contributed by atoms with E-state index in [2.05, 4.69) is 10.6 Å². The highest BCUT2D eigenvalue weighted by Crippen LogP contribution is 2.18. The van der Waals surface area contributed by atoms with Gasteiger partial charge in [-0.25, -0.2) is 4.39 Å². The van der Waals surface area contributed by atoms with Crippen LogP contribution in [0.1, 0.15) is 12.8 Å². The highest BCUT2D eigenvalue weighted by molar-refractivity contribution is 5.85. The molecule has 1 amide bonds. The first kappa shape index (κ1) is 10.7. The summed E-state index contributed by atoms with van der Waals surface area (Å²) in [5.74, 6) is -0.451. The number of piperidine rings is 1. The summed E-state index contributed by atoms with van der Waals surface area (Å²) in [6, 6.07) is 3.89. The highest BCUT2D eigenvalue weighted by atomic mass is 19.1. The average Bonchev–Trinajstić information content (AvgIpc) is 2.20. The van der Waals surface area contributed by atoms with Crippen LogP contribution >= 0.6 is 0 Å². The third-order valence-electron chi connectivity index (χ3n) is 2.55. The number of nitrogen functional groups attached to an aromatic ring is 1. The van der Waals surface area contributed by atoms with E-state index in [1.807, 2.05) is 0 Å². The number of anilines is 2. The van der Waals surface area contributed by atoms with Crippen LogP contribution in [-0.2, 0) is 4.79 Å². The van der Waals surface area contributed by atoms with Crippen LogP contribution < -0.4 is 16.4 Å². The number of hydrogen-bond donors (Lipinski definition) is 3. The van der Waals surface area contributed by atoms with Crippen LogP contribution in [0.3, 0.4) is 0 Å². The van der Waals surface area contributed by atoms with E-state index < -0.39 is 5.82 Å². The predicted molar refractivity (Wildman–Crippen MR) is 60.5 cm³/mol. The zero-order valence-corrected chi connectivity index (χ0v) is 8.79. The van der Waals surface area contributed by atoms with Crippen molar-refractivity contribution in [2.24, 2.45) is 0 Å². The van der Waals surface area contributed by atoms with E-state index in [1.165, 1.54) is 12.1 Å². The summed E-state index contributed by atoms with van der Waals surface area (Å²) in [5.41, 5.74) is 6.41. The van der Waals surface area contributed by atoms with Crippen molar-refractivity contribution in [3.8, 4) is 0 Å². The molecule has 1 aliphatic heterocycles. The van der Waals surface area contributed by atoms with Crippen molar-refractivity contribution in [1.29, 1.82) is 0 Å². The Balaban J connectivity index is 2.10. The lowest BCUT2D eigenvalue weighted by Gasteiger charge is -2.23. The summed E-state index contributed by atoms with van der Waals surface area (Å²) in [6.45, 7) is 0.711. The molecule has 4 N–H and O–H groups in total. The Bertz CT molecular complexity index is 388. The van der Waals surface area contributed by atoms with E-state index in [0.29, 0.717) is 17.9 Å². The van der Waals surface area contributed by atoms with Crippen LogP contribution in [0.2, 0.25) is 0 Å². The summed E-state index contributed by atoms with van der Waals surface area (Å²) in [4.78, 5) is 11.5. The Kier molecular flexibility index (Phi) is 2.94. The molecule has 1 saturated heterocycles. The molecule has 5 heteroatoms. The number of benzene rings is 1. The molecule has 1 fully saturated rings. The van der Waals surface area contributed by atoms with Gasteiger partial charge in [0.25, 0.3) is 0 Å². The number of halogens is 1. The fourth-order valence-corrected chi connectivity index (χ4v) is 1.81. The lowest BCUT2D eigenvalue weighted by Crippen LogP contribution is -2.44. The van der Waals surface area contributed by atoms with Gasteiger partial charge in [-0.15, -0.1) is 0 Å². The van der Waals surface area contributed by atoms with E-state index in [0.717, 1.165) is 12.8 Å². The van der Waals surface area contributed by atoms with Gasteiger partial charge < -0.3 is 16.4 Å². The number of amides is 1. The number of nitrogens with one attached hydrogen (secondary N) is 2. The number of nitrogens with two attached hydrogens (primary N) is 1. The second-order valence-electron chi connectivity index (χ2n) is 3.90. The fraction of sp³-hybridized carbons (Fsp3) is 0.364. The predicted octanol–water partition coefficient (Wildman–Crippen LogP) is 1.10. The van der Waals surface area contributed by atoms with E-state index >= 15 is 0 Å². The molecule has 0 saturated carbocycles. The lowest BCUT2D eigenvalue weighted by molar-refractivity contribution is -0.123. The molecule has 0 spiro atoms. The monoisotopic (exact) mass is 223 g/mol. The second kappa shape index (κ2) is 4.38. The molecule has 1 aromatic rings. The van der Waals surface area contributed by atoms with Crippen molar-refractivity contribution < 1.29 is 9.18 Å². The fourth-order valence-electron chi connectivity index (χ4n) is 1.81. The van der Waals surface area contributed by atoms with Crippen molar-refractivity contribution in [2.75, 3.05) is 17.6 Å². The molecular weight excluding hydrogens is 209 g/mol. The average molecular weight is 223 g/mol. The minimum atomic E-state index is -0.404. The molecule has 1 unspecified atom stereocenters. The number of carbonyl (C=O) groups is 1. The van der Waals surface area contributed by atoms with Gasteiger partial charge in [0.05, 0.1) is 0 Å². The molecule has 2 rings (SSSR count). The summed E-state index contributed by atoms with van der Waals surface area (Å²) in [5, 5.41) is 5.74. The maximum atomic E-state index is 13.1. The van der Waals surface area contributed by atoms with Gasteiger partial charge in [-0.3, -0.25) is 4.79 Å². The maximum absolute atomic E-state index is 13.1. The van der Waals surface area contributed by atoms with E-state index in [4.69, 9.17) is 5.73 Å². The minimum absolute atomic E-state index is 0.0471. The normalized spacial score (nSPS) is 20.3. The highest BCUT2D eigenvalue weighted by Gasteiger charge is 2.21. The Hall–Kier alpha value is -1.78. The summed E-state index contributed by atoms with van der Waals surface area (Å²) in [7, 11) is 0. The molecule has 86 valence electrons. The molecule has 1 aliphatic rings. The van der Waals surface area contributed by atoms with E-state index in [9.17, 15) is 9.18 Å². The Morgan fingerprint density at radius 1 is 1.44 bits per heavy atom. The van der Waals surface area contributed by atoms with Crippen molar-refractivity contribution in [3.63, 3.8) is 0 Å². The van der Waals surface area contributed by atoms with E-state index in [-0.39, 0.29) is 11.9 Å². The van der Waals surface area contributed by atoms with E-state index in [1.54, 1.807) is 6.07 Å². The molecule has 0 aliphatic carbocycles. The maximum Gasteiger partial charge on any atom is 0.242 e. The number of carbonyl (C=O) groups excluding carboxylic acids is 1. The van der Waals surface area contributed by atoms with Gasteiger partial charge in [0.2, 0.25) is 5.91 Å². The molecule has 1 aromatic carbocycles. The molecule has 1 heterocycles. The van der Waals surface area contributed by atoms with Gasteiger partial charge in [-0.05, 0) is 31.0 Å². The van der Waals surface area contributed by atoms with Crippen LogP contribution in [0.5, 0.6) is 0 Å². The van der Waals surface area contributed by atoms with Crippen LogP contribution in [-0.4, -0.2) is 18.5 Å². The van der Waals surface area contributed by atoms with Gasteiger partial charge in [0.15, 0.2) is 0 Å². The van der Waals surface area contributed by atoms with Gasteiger partial charge in [0.1, 0.15) is 11.9 Å². The largest absolute Gasteiger partial charge is 0.399 e. The number of hydrogen-bond acceptors (Lipinski definition) is 3. The topological polar surface area (TPSA) is 67.2 Å². The van der Waals surface area contributed by atoms with Crippen LogP contribution in [0.4, 0.5) is 15.8 Å². The van der Waals surface area contributed by atoms with Gasteiger partial charge >= 0.3 is 0 Å². The van der Waals surface area contributed by atoms with Crippen molar-refractivity contribution in [2.45, 2.75) is 18.9 Å². The lowest BCUT2D eigenvalue weighted by atomic mass is 10.1. The first-order chi connectivity index (χ1) is 7.65. The molecule has 16 heavy (non-hydrogen) atoms. The Morgan fingerprint density at radius 3 is 2.94 bits per heavy atom. The van der Waals surface area contributed by atoms with Crippen molar-refractivity contribution in [1.82, 2.24) is 5.32 Å². The standard InChI is InChI=1S/C11H14FN3O/c12-7-4-8(13)6-9(5-7)15-10-2-1-3-14-11(10)16/h4-6,10,15H,1-3,13H2,(H,14,16). The third kappa shape index (κ3) is 2.42. The van der Waals surface area contributed by atoms with Gasteiger partial charge in [-0.2, -0.15) is 0 Å². The second-order valence-corrected chi connectivity index (χ2v) is 3.90. The molecule has 1 atom stereocenters. The Morgan fingerprint density at radius 2 is 2.25 bits per heavy atom. The quantitative estimate of drug-likeness (QED) is 0.658. The van der Waals surface area contributed by atoms with Crippen molar-refractivity contribution >= 4 is 17.3 Å². The summed E-state index contributed by atoms with van der Waals surface area (Å²) < 4.78 is 13.1. The van der Waals surface area contributed by atoms with Gasteiger partial charge in [0, 0.05) is 17.9 Å². The van der Waals surface area contributed by atoms with Crippen LogP contribution in [0.15, 0.2) is 18.2 Å². The first-order valence-electron chi connectivity index (χ1n) is 5.25. The first-order valence-corrected chi connectivity index (χ1v) is 5.25. The zero-order chi connectivity index (χ0) is 11.5. The molecule has 4 nitrogen and oxygen atoms in total. The van der Waals surface area contributed by atoms with Gasteiger partial charge in [-0.1, -0.05) is 0 Å². The van der Waals surface area contributed by atoms with Crippen molar-refractivity contribution in [3.05, 3.63) is 24.0 Å². The van der Waals surface area contributed by atoms with Crippen LogP contribution in [0.25, 0.3) is 0 Å². The molecule has 0 radical (unpaired) electrons. The molecule has 0 aromatic heterocycles. The molecule has 0 bridgehead atoms.